The number of carbonyl (C=O) groups excluding carboxylic acids is 1. The Kier molecular flexibility index (Phi) is 5.97. The quantitative estimate of drug-likeness (QED) is 0.755. The number of amides is 1. The lowest BCUT2D eigenvalue weighted by Crippen LogP contribution is -2.45. The van der Waals surface area contributed by atoms with Crippen molar-refractivity contribution in [3.05, 3.63) is 35.9 Å². The van der Waals surface area contributed by atoms with Crippen LogP contribution in [0.3, 0.4) is 0 Å². The van der Waals surface area contributed by atoms with Crippen LogP contribution < -0.4 is 5.32 Å². The molecule has 1 saturated heterocycles. The molecule has 1 aliphatic heterocycles. The third-order valence-electron chi connectivity index (χ3n) is 4.02. The molecule has 1 fully saturated rings. The molecule has 1 heterocycles. The monoisotopic (exact) mass is 324 g/mol. The van der Waals surface area contributed by atoms with Crippen LogP contribution in [0.4, 0.5) is 0 Å². The molecule has 0 spiro atoms. The van der Waals surface area contributed by atoms with E-state index in [-0.39, 0.29) is 30.0 Å². The summed E-state index contributed by atoms with van der Waals surface area (Å²) in [7, 11) is -2.96. The Labute approximate surface area is 132 Å². The molecule has 2 rings (SSSR count). The van der Waals surface area contributed by atoms with Crippen molar-refractivity contribution >= 4 is 15.7 Å². The van der Waals surface area contributed by atoms with E-state index in [4.69, 9.17) is 0 Å². The van der Waals surface area contributed by atoms with E-state index in [1.54, 1.807) is 4.90 Å². The highest BCUT2D eigenvalue weighted by Crippen LogP contribution is 2.17. The van der Waals surface area contributed by atoms with Gasteiger partial charge in [0.05, 0.1) is 18.1 Å². The zero-order chi connectivity index (χ0) is 16.0. The molecule has 1 aliphatic rings. The number of rotatable bonds is 7. The average Bonchev–Trinajstić information content (AvgIpc) is 2.85. The van der Waals surface area contributed by atoms with Crippen LogP contribution in [0.15, 0.2) is 30.3 Å². The molecule has 0 radical (unpaired) electrons. The summed E-state index contributed by atoms with van der Waals surface area (Å²) in [4.78, 5) is 13.9. The van der Waals surface area contributed by atoms with Crippen molar-refractivity contribution in [2.45, 2.75) is 25.8 Å². The van der Waals surface area contributed by atoms with Crippen LogP contribution >= 0.6 is 0 Å². The molecule has 1 aromatic carbocycles. The molecular weight excluding hydrogens is 300 g/mol. The number of likely N-dealkylation sites (N-methyl/N-ethyl adjacent to an activating group) is 1. The first-order chi connectivity index (χ1) is 10.5. The van der Waals surface area contributed by atoms with E-state index >= 15 is 0 Å². The van der Waals surface area contributed by atoms with Gasteiger partial charge in [0.2, 0.25) is 5.91 Å². The first kappa shape index (κ1) is 17.0. The van der Waals surface area contributed by atoms with Gasteiger partial charge in [-0.25, -0.2) is 8.42 Å². The fourth-order valence-corrected chi connectivity index (χ4v) is 4.56. The second-order valence-electron chi connectivity index (χ2n) is 5.65. The summed E-state index contributed by atoms with van der Waals surface area (Å²) in [5, 5.41) is 3.15. The lowest BCUT2D eigenvalue weighted by atomic mass is 10.1. The van der Waals surface area contributed by atoms with Gasteiger partial charge in [0.1, 0.15) is 0 Å². The van der Waals surface area contributed by atoms with Crippen LogP contribution in [0.25, 0.3) is 0 Å². The molecule has 1 amide bonds. The Bertz CT molecular complexity index is 587. The van der Waals surface area contributed by atoms with Crippen molar-refractivity contribution in [3.8, 4) is 0 Å². The number of carbonyl (C=O) groups is 1. The van der Waals surface area contributed by atoms with Crippen LogP contribution in [-0.4, -0.2) is 56.4 Å². The number of sulfone groups is 1. The summed E-state index contributed by atoms with van der Waals surface area (Å²) >= 11 is 0. The fourth-order valence-electron chi connectivity index (χ4n) is 2.83. The smallest absolute Gasteiger partial charge is 0.236 e. The zero-order valence-electron chi connectivity index (χ0n) is 13.0. The van der Waals surface area contributed by atoms with Crippen LogP contribution in [0, 0.1) is 0 Å². The van der Waals surface area contributed by atoms with Crippen molar-refractivity contribution in [1.82, 2.24) is 10.2 Å². The van der Waals surface area contributed by atoms with E-state index in [0.717, 1.165) is 13.0 Å². The minimum atomic E-state index is -2.96. The number of nitrogens with one attached hydrogen (secondary N) is 1. The highest BCUT2D eigenvalue weighted by molar-refractivity contribution is 7.91. The van der Waals surface area contributed by atoms with Gasteiger partial charge in [0.25, 0.3) is 0 Å². The van der Waals surface area contributed by atoms with Gasteiger partial charge >= 0.3 is 0 Å². The van der Waals surface area contributed by atoms with Crippen LogP contribution in [-0.2, 0) is 21.1 Å². The normalized spacial score (nSPS) is 20.0. The molecule has 0 aromatic heterocycles. The minimum absolute atomic E-state index is 0.0161. The van der Waals surface area contributed by atoms with Gasteiger partial charge in [-0.2, -0.15) is 0 Å². The van der Waals surface area contributed by atoms with Gasteiger partial charge in [-0.15, -0.1) is 0 Å². The van der Waals surface area contributed by atoms with Crippen molar-refractivity contribution in [3.63, 3.8) is 0 Å². The SMILES string of the molecule is CCN(C(=O)CNCCc1ccccc1)C1CCS(=O)(=O)C1. The van der Waals surface area contributed by atoms with E-state index in [0.29, 0.717) is 13.0 Å². The van der Waals surface area contributed by atoms with Gasteiger partial charge in [-0.05, 0) is 31.9 Å². The Balaban J connectivity index is 1.75. The van der Waals surface area contributed by atoms with Gasteiger partial charge in [-0.1, -0.05) is 30.3 Å². The number of benzene rings is 1. The molecular formula is C16H24N2O3S. The summed E-state index contributed by atoms with van der Waals surface area (Å²) in [6.45, 7) is 3.44. The molecule has 6 heteroatoms. The molecule has 1 unspecified atom stereocenters. The van der Waals surface area contributed by atoms with Gasteiger partial charge in [0.15, 0.2) is 9.84 Å². The molecule has 0 bridgehead atoms. The maximum absolute atomic E-state index is 12.3. The second-order valence-corrected chi connectivity index (χ2v) is 7.88. The molecule has 0 saturated carbocycles. The molecule has 5 nitrogen and oxygen atoms in total. The topological polar surface area (TPSA) is 66.5 Å². The summed E-state index contributed by atoms with van der Waals surface area (Å²) in [6, 6.07) is 9.95. The Morgan fingerprint density at radius 2 is 2.05 bits per heavy atom. The van der Waals surface area contributed by atoms with E-state index in [2.05, 4.69) is 17.4 Å². The standard InChI is InChI=1S/C16H24N2O3S/c1-2-18(15-9-11-22(20,21)13-15)16(19)12-17-10-8-14-6-4-3-5-7-14/h3-7,15,17H,2,8-13H2,1H3. The largest absolute Gasteiger partial charge is 0.338 e. The molecule has 122 valence electrons. The van der Waals surface area contributed by atoms with E-state index < -0.39 is 9.84 Å². The van der Waals surface area contributed by atoms with Crippen LogP contribution in [0.1, 0.15) is 18.9 Å². The maximum atomic E-state index is 12.3. The van der Waals surface area contributed by atoms with E-state index in [1.807, 2.05) is 25.1 Å². The highest BCUT2D eigenvalue weighted by Gasteiger charge is 2.33. The average molecular weight is 324 g/mol. The van der Waals surface area contributed by atoms with Crippen LogP contribution in [0.2, 0.25) is 0 Å². The maximum Gasteiger partial charge on any atom is 0.236 e. The molecule has 0 aliphatic carbocycles. The first-order valence-corrected chi connectivity index (χ1v) is 9.58. The summed E-state index contributed by atoms with van der Waals surface area (Å²) in [5.41, 5.74) is 1.23. The Morgan fingerprint density at radius 1 is 1.32 bits per heavy atom. The van der Waals surface area contributed by atoms with Crippen molar-refractivity contribution in [2.24, 2.45) is 0 Å². The second kappa shape index (κ2) is 7.74. The van der Waals surface area contributed by atoms with Gasteiger partial charge < -0.3 is 10.2 Å². The number of hydrogen-bond donors (Lipinski definition) is 1. The van der Waals surface area contributed by atoms with E-state index in [9.17, 15) is 13.2 Å². The Hall–Kier alpha value is -1.40. The van der Waals surface area contributed by atoms with Crippen molar-refractivity contribution < 1.29 is 13.2 Å². The fraction of sp³-hybridized carbons (Fsp3) is 0.562. The summed E-state index contributed by atoms with van der Waals surface area (Å²) in [6.07, 6.45) is 1.43. The van der Waals surface area contributed by atoms with E-state index in [1.165, 1.54) is 5.56 Å². The summed E-state index contributed by atoms with van der Waals surface area (Å²) in [5.74, 6) is 0.289. The van der Waals surface area contributed by atoms with Crippen LogP contribution in [0.5, 0.6) is 0 Å². The minimum Gasteiger partial charge on any atom is -0.338 e. The van der Waals surface area contributed by atoms with Gasteiger partial charge in [-0.3, -0.25) is 4.79 Å². The van der Waals surface area contributed by atoms with Gasteiger partial charge in [0, 0.05) is 12.6 Å². The predicted octanol–water partition coefficient (Wildman–Crippen LogP) is 0.854. The predicted molar refractivity (Wildman–Crippen MR) is 87.5 cm³/mol. The number of nitrogens with zero attached hydrogens (tertiary/aromatic N) is 1. The molecule has 1 N–H and O–H groups in total. The molecule has 22 heavy (non-hydrogen) atoms. The third-order valence-corrected chi connectivity index (χ3v) is 5.77. The number of hydrogen-bond acceptors (Lipinski definition) is 4. The molecule has 1 atom stereocenters. The first-order valence-electron chi connectivity index (χ1n) is 7.76. The lowest BCUT2D eigenvalue weighted by molar-refractivity contribution is -0.131. The molecule has 1 aromatic rings. The Morgan fingerprint density at radius 3 is 2.64 bits per heavy atom. The summed E-state index contributed by atoms with van der Waals surface area (Å²) < 4.78 is 23.1. The third kappa shape index (κ3) is 4.81. The highest BCUT2D eigenvalue weighted by atomic mass is 32.2. The zero-order valence-corrected chi connectivity index (χ0v) is 13.8. The van der Waals surface area contributed by atoms with Crippen molar-refractivity contribution in [2.75, 3.05) is 31.1 Å². The lowest BCUT2D eigenvalue weighted by Gasteiger charge is -2.27. The van der Waals surface area contributed by atoms with Crippen molar-refractivity contribution in [1.29, 1.82) is 0 Å².